The molecule has 21 heavy (non-hydrogen) atoms. The van der Waals surface area contributed by atoms with Crippen LogP contribution in [-0.4, -0.2) is 18.3 Å². The number of nitriles is 1. The molecule has 0 aliphatic carbocycles. The van der Waals surface area contributed by atoms with Gasteiger partial charge in [-0.25, -0.2) is 4.39 Å². The summed E-state index contributed by atoms with van der Waals surface area (Å²) in [4.78, 5) is 11.2. The third kappa shape index (κ3) is 3.84. The first-order valence-corrected chi connectivity index (χ1v) is 5.11. The molecule has 0 aliphatic rings. The van der Waals surface area contributed by atoms with E-state index in [9.17, 15) is 35.5 Å². The molecule has 0 aliphatic heterocycles. The molecule has 0 saturated carbocycles. The Kier molecular flexibility index (Phi) is 4.46. The van der Waals surface area contributed by atoms with Crippen LogP contribution < -0.4 is 5.32 Å². The van der Waals surface area contributed by atoms with Gasteiger partial charge in [0.1, 0.15) is 17.4 Å². The van der Waals surface area contributed by atoms with Gasteiger partial charge in [0.25, 0.3) is 0 Å². The number of carbonyl (C=O) groups excluding carboxylic acids is 1. The first kappa shape index (κ1) is 16.7. The average molecular weight is 314 g/mol. The highest BCUT2D eigenvalue weighted by molar-refractivity contribution is 5.94. The summed E-state index contributed by atoms with van der Waals surface area (Å²) in [6, 6.07) is 3.72. The normalized spacial score (nSPS) is 12.1. The van der Waals surface area contributed by atoms with Crippen LogP contribution in [0.5, 0.6) is 0 Å². The second-order valence-corrected chi connectivity index (χ2v) is 3.78. The van der Waals surface area contributed by atoms with Crippen LogP contribution in [0.25, 0.3) is 0 Å². The van der Waals surface area contributed by atoms with Crippen molar-refractivity contribution in [3.63, 3.8) is 0 Å². The summed E-state index contributed by atoms with van der Waals surface area (Å²) in [6.45, 7) is 0. The minimum absolute atomic E-state index is 0.763. The number of amides is 1. The Morgan fingerprint density at radius 1 is 1.14 bits per heavy atom. The molecule has 0 aromatic heterocycles. The molecule has 1 amide bonds. The topological polar surface area (TPSA) is 52.9 Å². The van der Waals surface area contributed by atoms with Gasteiger partial charge in [0.2, 0.25) is 11.8 Å². The third-order valence-corrected chi connectivity index (χ3v) is 2.30. The van der Waals surface area contributed by atoms with Gasteiger partial charge in [0, 0.05) is 0 Å². The third-order valence-electron chi connectivity index (χ3n) is 2.30. The van der Waals surface area contributed by atoms with Crippen LogP contribution >= 0.6 is 0 Å². The quantitative estimate of drug-likeness (QED) is 0.851. The van der Waals surface area contributed by atoms with E-state index in [2.05, 4.69) is 0 Å². The van der Waals surface area contributed by atoms with Crippen molar-refractivity contribution in [3.8, 4) is 6.07 Å². The maximum Gasteiger partial charge on any atom is 0.409 e. The summed E-state index contributed by atoms with van der Waals surface area (Å²) in [6.07, 6.45) is -11.7. The molecule has 0 radical (unpaired) electrons. The first-order valence-electron chi connectivity index (χ1n) is 5.11. The molecule has 0 bridgehead atoms. The highest BCUT2D eigenvalue weighted by Gasteiger charge is 2.61. The standard InChI is InChI=1S/C11H5F7N2O/c12-6-2-1-3-7(5(6)4-19)20-9(21)8(10(13,14)15)11(16,17)18/h1-3,8H,(H,20,21). The van der Waals surface area contributed by atoms with Crippen molar-refractivity contribution in [2.45, 2.75) is 12.4 Å². The maximum absolute atomic E-state index is 13.2. The summed E-state index contributed by atoms with van der Waals surface area (Å²) in [7, 11) is 0. The fraction of sp³-hybridized carbons (Fsp3) is 0.273. The maximum atomic E-state index is 13.2. The molecule has 0 unspecified atom stereocenters. The van der Waals surface area contributed by atoms with Crippen molar-refractivity contribution >= 4 is 11.6 Å². The molecule has 114 valence electrons. The Balaban J connectivity index is 3.16. The van der Waals surface area contributed by atoms with E-state index in [-0.39, 0.29) is 0 Å². The van der Waals surface area contributed by atoms with Gasteiger partial charge < -0.3 is 5.32 Å². The number of hydrogen-bond acceptors (Lipinski definition) is 2. The van der Waals surface area contributed by atoms with E-state index in [1.807, 2.05) is 0 Å². The smallest absolute Gasteiger partial charge is 0.324 e. The van der Waals surface area contributed by atoms with Gasteiger partial charge in [-0.05, 0) is 12.1 Å². The number of anilines is 1. The van der Waals surface area contributed by atoms with Gasteiger partial charge in [-0.3, -0.25) is 4.79 Å². The number of hydrogen-bond donors (Lipinski definition) is 1. The van der Waals surface area contributed by atoms with Crippen LogP contribution in [-0.2, 0) is 4.79 Å². The van der Waals surface area contributed by atoms with Gasteiger partial charge in [0.05, 0.1) is 5.69 Å². The number of nitrogens with zero attached hydrogens (tertiary/aromatic N) is 1. The lowest BCUT2D eigenvalue weighted by atomic mass is 10.1. The summed E-state index contributed by atoms with van der Waals surface area (Å²) in [5.74, 6) is -7.91. The fourth-order valence-corrected chi connectivity index (χ4v) is 1.43. The molecule has 1 aromatic carbocycles. The second-order valence-electron chi connectivity index (χ2n) is 3.78. The van der Waals surface area contributed by atoms with Crippen LogP contribution in [0.4, 0.5) is 36.4 Å². The van der Waals surface area contributed by atoms with Gasteiger partial charge in [-0.15, -0.1) is 0 Å². The molecule has 0 heterocycles. The zero-order valence-electron chi connectivity index (χ0n) is 9.81. The van der Waals surface area contributed by atoms with E-state index in [4.69, 9.17) is 5.26 Å². The predicted molar refractivity (Wildman–Crippen MR) is 55.3 cm³/mol. The lowest BCUT2D eigenvalue weighted by Crippen LogP contribution is -2.45. The highest BCUT2D eigenvalue weighted by Crippen LogP contribution is 2.40. The Hall–Kier alpha value is -2.31. The highest BCUT2D eigenvalue weighted by atomic mass is 19.4. The first-order chi connectivity index (χ1) is 9.48. The van der Waals surface area contributed by atoms with E-state index in [1.165, 1.54) is 11.4 Å². The number of alkyl halides is 6. The van der Waals surface area contributed by atoms with Crippen molar-refractivity contribution in [2.75, 3.05) is 5.32 Å². The van der Waals surface area contributed by atoms with Crippen molar-refractivity contribution in [1.29, 1.82) is 5.26 Å². The van der Waals surface area contributed by atoms with Crippen molar-refractivity contribution in [2.24, 2.45) is 5.92 Å². The Morgan fingerprint density at radius 2 is 1.67 bits per heavy atom. The molecule has 1 aromatic rings. The molecule has 1 N–H and O–H groups in total. The molecule has 3 nitrogen and oxygen atoms in total. The number of benzene rings is 1. The van der Waals surface area contributed by atoms with Crippen LogP contribution in [0.1, 0.15) is 5.56 Å². The van der Waals surface area contributed by atoms with Crippen molar-refractivity contribution < 1.29 is 35.5 Å². The van der Waals surface area contributed by atoms with Gasteiger partial charge >= 0.3 is 12.4 Å². The summed E-state index contributed by atoms with van der Waals surface area (Å²) < 4.78 is 87.0. The average Bonchev–Trinajstić information content (AvgIpc) is 2.24. The van der Waals surface area contributed by atoms with Gasteiger partial charge in [-0.2, -0.15) is 31.6 Å². The van der Waals surface area contributed by atoms with Crippen LogP contribution in [0.3, 0.4) is 0 Å². The SMILES string of the molecule is N#Cc1c(F)cccc1NC(=O)C(C(F)(F)F)C(F)(F)F. The van der Waals surface area contributed by atoms with E-state index in [0.29, 0.717) is 0 Å². The van der Waals surface area contributed by atoms with E-state index in [1.54, 1.807) is 0 Å². The molecule has 0 fully saturated rings. The van der Waals surface area contributed by atoms with Gasteiger partial charge in [-0.1, -0.05) is 6.07 Å². The Bertz CT molecular complexity index is 572. The number of carbonyl (C=O) groups is 1. The Labute approximate surface area is 113 Å². The van der Waals surface area contributed by atoms with Gasteiger partial charge in [0.15, 0.2) is 0 Å². The molecular weight excluding hydrogens is 309 g/mol. The zero-order valence-corrected chi connectivity index (χ0v) is 9.81. The molecular formula is C11H5F7N2O. The second kappa shape index (κ2) is 5.59. The number of rotatable bonds is 2. The summed E-state index contributed by atoms with van der Waals surface area (Å²) >= 11 is 0. The molecule has 10 heteroatoms. The van der Waals surface area contributed by atoms with Crippen LogP contribution in [0.2, 0.25) is 0 Å². The fourth-order valence-electron chi connectivity index (χ4n) is 1.43. The van der Waals surface area contributed by atoms with Crippen molar-refractivity contribution in [3.05, 3.63) is 29.6 Å². The van der Waals surface area contributed by atoms with E-state index in [0.717, 1.165) is 18.2 Å². The molecule has 1 rings (SSSR count). The minimum Gasteiger partial charge on any atom is -0.324 e. The predicted octanol–water partition coefficient (Wildman–Crippen LogP) is 3.38. The molecule has 0 atom stereocenters. The van der Waals surface area contributed by atoms with Crippen molar-refractivity contribution in [1.82, 2.24) is 0 Å². The van der Waals surface area contributed by atoms with Crippen LogP contribution in [0.15, 0.2) is 18.2 Å². The van der Waals surface area contributed by atoms with Crippen LogP contribution in [0, 0.1) is 23.1 Å². The molecule has 0 spiro atoms. The lowest BCUT2D eigenvalue weighted by molar-refractivity contribution is -0.272. The summed E-state index contributed by atoms with van der Waals surface area (Å²) in [5, 5.41) is 9.86. The van der Waals surface area contributed by atoms with E-state index >= 15 is 0 Å². The lowest BCUT2D eigenvalue weighted by Gasteiger charge is -2.22. The monoisotopic (exact) mass is 314 g/mol. The number of halogens is 7. The Morgan fingerprint density at radius 3 is 2.10 bits per heavy atom. The molecule has 0 saturated heterocycles. The zero-order chi connectivity index (χ0) is 16.4. The summed E-state index contributed by atoms with van der Waals surface area (Å²) in [5.41, 5.74) is -1.64. The van der Waals surface area contributed by atoms with E-state index < -0.39 is 41.2 Å². The largest absolute Gasteiger partial charge is 0.409 e. The number of nitrogens with one attached hydrogen (secondary N) is 1. The minimum atomic E-state index is -5.87.